The van der Waals surface area contributed by atoms with Crippen molar-refractivity contribution >= 4 is 17.3 Å². The third-order valence-electron chi connectivity index (χ3n) is 3.32. The average molecular weight is 288 g/mol. The molecule has 1 unspecified atom stereocenters. The minimum atomic E-state index is -1.18. The fourth-order valence-corrected chi connectivity index (χ4v) is 2.06. The molecule has 1 atom stereocenters. The van der Waals surface area contributed by atoms with Crippen LogP contribution in [0, 0.1) is 12.7 Å². The summed E-state index contributed by atoms with van der Waals surface area (Å²) in [5.74, 6) is -1.75. The Kier molecular flexibility index (Phi) is 4.12. The number of rotatable bonds is 4. The van der Waals surface area contributed by atoms with E-state index in [9.17, 15) is 9.18 Å². The number of hydrogen-bond acceptors (Lipinski definition) is 3. The second kappa shape index (κ2) is 5.83. The maximum Gasteiger partial charge on any atom is 0.337 e. The number of halogens is 1. The summed E-state index contributed by atoms with van der Waals surface area (Å²) in [5.41, 5.74) is 7.53. The number of carboxylic acids is 1. The molecule has 0 aromatic heterocycles. The molecule has 0 aliphatic carbocycles. The van der Waals surface area contributed by atoms with E-state index in [0.29, 0.717) is 0 Å². The summed E-state index contributed by atoms with van der Waals surface area (Å²) >= 11 is 0. The van der Waals surface area contributed by atoms with Gasteiger partial charge in [0.2, 0.25) is 0 Å². The molecule has 2 rings (SSSR count). The highest BCUT2D eigenvalue weighted by Crippen LogP contribution is 2.26. The molecule has 0 spiro atoms. The van der Waals surface area contributed by atoms with Crippen molar-refractivity contribution < 1.29 is 14.3 Å². The molecule has 0 fully saturated rings. The van der Waals surface area contributed by atoms with Crippen molar-refractivity contribution in [3.05, 3.63) is 58.9 Å². The zero-order valence-electron chi connectivity index (χ0n) is 11.9. The van der Waals surface area contributed by atoms with Gasteiger partial charge in [-0.25, -0.2) is 9.18 Å². The Morgan fingerprint density at radius 3 is 2.48 bits per heavy atom. The minimum absolute atomic E-state index is 0.0893. The van der Waals surface area contributed by atoms with Gasteiger partial charge in [0, 0.05) is 11.7 Å². The molecule has 5 heteroatoms. The van der Waals surface area contributed by atoms with Crippen LogP contribution >= 0.6 is 0 Å². The molecular formula is C16H17FN2O2. The first-order valence-corrected chi connectivity index (χ1v) is 6.54. The van der Waals surface area contributed by atoms with Gasteiger partial charge in [0.05, 0.1) is 11.3 Å². The van der Waals surface area contributed by atoms with Crippen LogP contribution in [0.5, 0.6) is 0 Å². The van der Waals surface area contributed by atoms with E-state index in [4.69, 9.17) is 10.8 Å². The Morgan fingerprint density at radius 1 is 1.29 bits per heavy atom. The lowest BCUT2D eigenvalue weighted by Crippen LogP contribution is -2.10. The van der Waals surface area contributed by atoms with Crippen LogP contribution in [0.15, 0.2) is 36.4 Å². The van der Waals surface area contributed by atoms with Gasteiger partial charge in [-0.1, -0.05) is 29.8 Å². The van der Waals surface area contributed by atoms with Crippen LogP contribution in [0.25, 0.3) is 0 Å². The van der Waals surface area contributed by atoms with Gasteiger partial charge in [0.1, 0.15) is 5.82 Å². The number of hydrogen-bond donors (Lipinski definition) is 3. The van der Waals surface area contributed by atoms with E-state index in [1.165, 1.54) is 6.07 Å². The van der Waals surface area contributed by atoms with Crippen LogP contribution in [0.1, 0.15) is 34.5 Å². The topological polar surface area (TPSA) is 75.3 Å². The van der Waals surface area contributed by atoms with Gasteiger partial charge >= 0.3 is 5.97 Å². The lowest BCUT2D eigenvalue weighted by atomic mass is 10.1. The molecule has 0 radical (unpaired) electrons. The number of nitrogen functional groups attached to an aromatic ring is 1. The Morgan fingerprint density at radius 2 is 1.90 bits per heavy atom. The number of aryl methyl sites for hydroxylation is 1. The van der Waals surface area contributed by atoms with Crippen LogP contribution in [-0.4, -0.2) is 11.1 Å². The third-order valence-corrected chi connectivity index (χ3v) is 3.32. The van der Waals surface area contributed by atoms with Gasteiger partial charge in [-0.3, -0.25) is 0 Å². The van der Waals surface area contributed by atoms with E-state index in [1.807, 2.05) is 38.1 Å². The molecule has 0 saturated carbocycles. The standard InChI is InChI=1S/C16H17FN2O2/c1-9-3-5-11(6-4-9)10(2)19-15-7-12(16(20)21)14(18)8-13(15)17/h3-8,10,19H,18H2,1-2H3,(H,20,21). The summed E-state index contributed by atoms with van der Waals surface area (Å²) in [5, 5.41) is 12.0. The van der Waals surface area contributed by atoms with E-state index in [2.05, 4.69) is 5.32 Å². The first-order valence-electron chi connectivity index (χ1n) is 6.54. The number of carboxylic acid groups (broad SMARTS) is 1. The molecule has 2 aromatic carbocycles. The normalized spacial score (nSPS) is 12.0. The number of nitrogens with one attached hydrogen (secondary N) is 1. The van der Waals surface area contributed by atoms with E-state index in [0.717, 1.165) is 17.2 Å². The zero-order valence-corrected chi connectivity index (χ0v) is 11.9. The molecule has 0 heterocycles. The van der Waals surface area contributed by atoms with Gasteiger partial charge < -0.3 is 16.2 Å². The highest BCUT2D eigenvalue weighted by molar-refractivity contribution is 5.94. The SMILES string of the molecule is Cc1ccc(C(C)Nc2cc(C(=O)O)c(N)cc2F)cc1. The van der Waals surface area contributed by atoms with Crippen molar-refractivity contribution in [2.24, 2.45) is 0 Å². The predicted molar refractivity (Wildman–Crippen MR) is 81.0 cm³/mol. The first kappa shape index (κ1) is 14.8. The zero-order chi connectivity index (χ0) is 15.6. The van der Waals surface area contributed by atoms with E-state index < -0.39 is 11.8 Å². The highest BCUT2D eigenvalue weighted by atomic mass is 19.1. The Hall–Kier alpha value is -2.56. The van der Waals surface area contributed by atoms with Crippen molar-refractivity contribution in [2.45, 2.75) is 19.9 Å². The Balaban J connectivity index is 2.28. The van der Waals surface area contributed by atoms with Crippen molar-refractivity contribution in [1.29, 1.82) is 0 Å². The summed E-state index contributed by atoms with van der Waals surface area (Å²) in [6, 6.07) is 9.90. The maximum atomic E-state index is 13.9. The lowest BCUT2D eigenvalue weighted by Gasteiger charge is -2.17. The molecule has 0 aliphatic heterocycles. The van der Waals surface area contributed by atoms with Gasteiger partial charge in [0.15, 0.2) is 0 Å². The predicted octanol–water partition coefficient (Wildman–Crippen LogP) is 3.59. The summed E-state index contributed by atoms with van der Waals surface area (Å²) in [6.07, 6.45) is 0. The van der Waals surface area contributed by atoms with Gasteiger partial charge in [-0.05, 0) is 31.5 Å². The minimum Gasteiger partial charge on any atom is -0.478 e. The lowest BCUT2D eigenvalue weighted by molar-refractivity contribution is 0.0698. The average Bonchev–Trinajstić information content (AvgIpc) is 2.42. The van der Waals surface area contributed by atoms with E-state index >= 15 is 0 Å². The van der Waals surface area contributed by atoms with Crippen LogP contribution in [0.3, 0.4) is 0 Å². The number of aromatic carboxylic acids is 1. The van der Waals surface area contributed by atoms with Crippen LogP contribution < -0.4 is 11.1 Å². The first-order chi connectivity index (χ1) is 9.88. The van der Waals surface area contributed by atoms with Crippen LogP contribution in [0.4, 0.5) is 15.8 Å². The fraction of sp³-hybridized carbons (Fsp3) is 0.188. The molecule has 0 bridgehead atoms. The highest BCUT2D eigenvalue weighted by Gasteiger charge is 2.15. The van der Waals surface area contributed by atoms with E-state index in [-0.39, 0.29) is 23.0 Å². The number of benzene rings is 2. The quantitative estimate of drug-likeness (QED) is 0.752. The summed E-state index contributed by atoms with van der Waals surface area (Å²) in [7, 11) is 0. The van der Waals surface area contributed by atoms with Crippen LogP contribution in [-0.2, 0) is 0 Å². The Bertz CT molecular complexity index is 669. The largest absolute Gasteiger partial charge is 0.478 e. The second-order valence-corrected chi connectivity index (χ2v) is 5.00. The smallest absolute Gasteiger partial charge is 0.337 e. The van der Waals surface area contributed by atoms with Gasteiger partial charge in [0.25, 0.3) is 0 Å². The van der Waals surface area contributed by atoms with Crippen molar-refractivity contribution in [3.63, 3.8) is 0 Å². The second-order valence-electron chi connectivity index (χ2n) is 5.00. The number of anilines is 2. The number of carbonyl (C=O) groups is 1. The monoisotopic (exact) mass is 288 g/mol. The third kappa shape index (κ3) is 3.31. The van der Waals surface area contributed by atoms with Crippen LogP contribution in [0.2, 0.25) is 0 Å². The van der Waals surface area contributed by atoms with Crippen molar-refractivity contribution in [2.75, 3.05) is 11.1 Å². The molecule has 21 heavy (non-hydrogen) atoms. The molecule has 110 valence electrons. The fourth-order valence-electron chi connectivity index (χ4n) is 2.06. The molecule has 4 N–H and O–H groups in total. The molecule has 0 saturated heterocycles. The number of nitrogens with two attached hydrogens (primary N) is 1. The van der Waals surface area contributed by atoms with Crippen molar-refractivity contribution in [3.8, 4) is 0 Å². The molecule has 4 nitrogen and oxygen atoms in total. The molecule has 2 aromatic rings. The molecular weight excluding hydrogens is 271 g/mol. The van der Waals surface area contributed by atoms with E-state index in [1.54, 1.807) is 0 Å². The van der Waals surface area contributed by atoms with Gasteiger partial charge in [-0.2, -0.15) is 0 Å². The van der Waals surface area contributed by atoms with Crippen molar-refractivity contribution in [1.82, 2.24) is 0 Å². The summed E-state index contributed by atoms with van der Waals surface area (Å²) in [6.45, 7) is 3.86. The summed E-state index contributed by atoms with van der Waals surface area (Å²) < 4.78 is 13.9. The molecule has 0 aliphatic rings. The Labute approximate surface area is 122 Å². The summed E-state index contributed by atoms with van der Waals surface area (Å²) in [4.78, 5) is 11.0. The maximum absolute atomic E-state index is 13.9. The molecule has 0 amide bonds. The van der Waals surface area contributed by atoms with Gasteiger partial charge in [-0.15, -0.1) is 0 Å².